The molecule has 1 aliphatic carbocycles. The van der Waals surface area contributed by atoms with Crippen molar-refractivity contribution in [1.82, 2.24) is 25.5 Å². The molecule has 5 rings (SSSR count). The lowest BCUT2D eigenvalue weighted by Gasteiger charge is -2.23. The van der Waals surface area contributed by atoms with Gasteiger partial charge in [-0.1, -0.05) is 18.2 Å². The largest absolute Gasteiger partial charge is 0.472 e. The first-order chi connectivity index (χ1) is 13.3. The summed E-state index contributed by atoms with van der Waals surface area (Å²) in [5, 5.41) is 12.0. The fraction of sp³-hybridized carbons (Fsp3) is 0.381. The SMILES string of the molecule is C(=CC1CC1)c1ccc2[nH]nc(-c3cncc(OC4CCCNC4)n3)c2c1. The summed E-state index contributed by atoms with van der Waals surface area (Å²) in [5.74, 6) is 1.32. The van der Waals surface area contributed by atoms with E-state index in [1.807, 2.05) is 0 Å². The van der Waals surface area contributed by atoms with Crippen LogP contribution in [0.2, 0.25) is 0 Å². The molecule has 0 bridgehead atoms. The lowest BCUT2D eigenvalue weighted by atomic mass is 10.1. The summed E-state index contributed by atoms with van der Waals surface area (Å²) in [6.07, 6.45) is 12.9. The molecule has 2 aromatic heterocycles. The summed E-state index contributed by atoms with van der Waals surface area (Å²) in [5.41, 5.74) is 3.72. The molecule has 27 heavy (non-hydrogen) atoms. The molecule has 1 aliphatic heterocycles. The van der Waals surface area contributed by atoms with Crippen LogP contribution in [-0.4, -0.2) is 39.4 Å². The van der Waals surface area contributed by atoms with Crippen LogP contribution in [0.5, 0.6) is 5.88 Å². The minimum Gasteiger partial charge on any atom is -0.472 e. The molecule has 0 radical (unpaired) electrons. The fourth-order valence-corrected chi connectivity index (χ4v) is 3.48. The van der Waals surface area contributed by atoms with Gasteiger partial charge in [0.25, 0.3) is 0 Å². The van der Waals surface area contributed by atoms with Gasteiger partial charge in [0.2, 0.25) is 5.88 Å². The topological polar surface area (TPSA) is 75.7 Å². The number of nitrogens with one attached hydrogen (secondary N) is 2. The minimum absolute atomic E-state index is 0.151. The number of ether oxygens (including phenoxy) is 1. The maximum absolute atomic E-state index is 6.02. The molecule has 0 amide bonds. The average molecular weight is 361 g/mol. The summed E-state index contributed by atoms with van der Waals surface area (Å²) in [6.45, 7) is 1.91. The van der Waals surface area contributed by atoms with Crippen molar-refractivity contribution in [2.75, 3.05) is 13.1 Å². The number of piperidine rings is 1. The second-order valence-electron chi connectivity index (χ2n) is 7.40. The summed E-state index contributed by atoms with van der Waals surface area (Å²) in [7, 11) is 0. The van der Waals surface area contributed by atoms with Crippen LogP contribution in [0.25, 0.3) is 28.4 Å². The van der Waals surface area contributed by atoms with Gasteiger partial charge in [-0.15, -0.1) is 0 Å². The van der Waals surface area contributed by atoms with Crippen molar-refractivity contribution in [1.29, 1.82) is 0 Å². The molecule has 1 atom stereocenters. The molecular formula is C21H23N5O. The molecule has 6 nitrogen and oxygen atoms in total. The molecule has 1 unspecified atom stereocenters. The van der Waals surface area contributed by atoms with Crippen LogP contribution in [0.15, 0.2) is 36.7 Å². The number of allylic oxidation sites excluding steroid dienone is 1. The number of fused-ring (bicyclic) bond motifs is 1. The maximum atomic E-state index is 6.02. The zero-order valence-corrected chi connectivity index (χ0v) is 15.2. The van der Waals surface area contributed by atoms with E-state index < -0.39 is 0 Å². The first-order valence-corrected chi connectivity index (χ1v) is 9.71. The second kappa shape index (κ2) is 7.12. The van der Waals surface area contributed by atoms with Crippen LogP contribution in [0.3, 0.4) is 0 Å². The average Bonchev–Trinajstić information content (AvgIpc) is 3.45. The van der Waals surface area contributed by atoms with Crippen LogP contribution < -0.4 is 10.1 Å². The van der Waals surface area contributed by atoms with Crippen molar-refractivity contribution in [3.05, 3.63) is 42.2 Å². The number of H-pyrrole nitrogens is 1. The second-order valence-corrected chi connectivity index (χ2v) is 7.40. The summed E-state index contributed by atoms with van der Waals surface area (Å²) in [4.78, 5) is 8.99. The maximum Gasteiger partial charge on any atom is 0.233 e. The Kier molecular flexibility index (Phi) is 4.33. The van der Waals surface area contributed by atoms with E-state index in [2.05, 4.69) is 55.8 Å². The van der Waals surface area contributed by atoms with E-state index >= 15 is 0 Å². The van der Waals surface area contributed by atoms with Crippen LogP contribution in [0, 0.1) is 5.92 Å². The first kappa shape index (κ1) is 16.4. The van der Waals surface area contributed by atoms with Gasteiger partial charge in [0.15, 0.2) is 0 Å². The van der Waals surface area contributed by atoms with Crippen molar-refractivity contribution in [2.45, 2.75) is 31.8 Å². The van der Waals surface area contributed by atoms with Gasteiger partial charge in [0.1, 0.15) is 17.5 Å². The molecule has 2 N–H and O–H groups in total. The molecule has 138 valence electrons. The Hall–Kier alpha value is -2.73. The van der Waals surface area contributed by atoms with Gasteiger partial charge in [-0.05, 0) is 55.8 Å². The number of hydrogen-bond donors (Lipinski definition) is 2. The van der Waals surface area contributed by atoms with Crippen molar-refractivity contribution >= 4 is 17.0 Å². The fourth-order valence-electron chi connectivity index (χ4n) is 3.48. The minimum atomic E-state index is 0.151. The van der Waals surface area contributed by atoms with Crippen molar-refractivity contribution in [3.63, 3.8) is 0 Å². The van der Waals surface area contributed by atoms with Gasteiger partial charge < -0.3 is 10.1 Å². The normalized spacial score (nSPS) is 20.4. The third-order valence-corrected chi connectivity index (χ3v) is 5.16. The Morgan fingerprint density at radius 1 is 1.15 bits per heavy atom. The van der Waals surface area contributed by atoms with Crippen LogP contribution in [0.1, 0.15) is 31.2 Å². The zero-order valence-electron chi connectivity index (χ0n) is 15.2. The molecular weight excluding hydrogens is 338 g/mol. The number of nitrogens with zero attached hydrogens (tertiary/aromatic N) is 3. The van der Waals surface area contributed by atoms with E-state index in [0.717, 1.165) is 54.1 Å². The lowest BCUT2D eigenvalue weighted by molar-refractivity contribution is 0.160. The Morgan fingerprint density at radius 3 is 2.96 bits per heavy atom. The van der Waals surface area contributed by atoms with Gasteiger partial charge in [0.05, 0.1) is 17.9 Å². The molecule has 6 heteroatoms. The highest BCUT2D eigenvalue weighted by Crippen LogP contribution is 2.32. The number of aromatic nitrogens is 4. The Bertz CT molecular complexity index is 970. The van der Waals surface area contributed by atoms with Crippen LogP contribution >= 0.6 is 0 Å². The molecule has 1 saturated carbocycles. The highest BCUT2D eigenvalue weighted by atomic mass is 16.5. The molecule has 2 fully saturated rings. The molecule has 2 aliphatic rings. The van der Waals surface area contributed by atoms with Crippen molar-refractivity contribution < 1.29 is 4.74 Å². The predicted octanol–water partition coefficient (Wildman–Crippen LogP) is 3.57. The third-order valence-electron chi connectivity index (χ3n) is 5.16. The van der Waals surface area contributed by atoms with E-state index in [9.17, 15) is 0 Å². The van der Waals surface area contributed by atoms with Crippen molar-refractivity contribution in [3.8, 4) is 17.3 Å². The van der Waals surface area contributed by atoms with Gasteiger partial charge >= 0.3 is 0 Å². The van der Waals surface area contributed by atoms with Gasteiger partial charge in [-0.25, -0.2) is 4.98 Å². The van der Waals surface area contributed by atoms with E-state index in [0.29, 0.717) is 5.88 Å². The van der Waals surface area contributed by atoms with Crippen molar-refractivity contribution in [2.24, 2.45) is 5.92 Å². The van der Waals surface area contributed by atoms with Crippen LogP contribution in [0.4, 0.5) is 0 Å². The molecule has 1 aromatic carbocycles. The van der Waals surface area contributed by atoms with Crippen LogP contribution in [-0.2, 0) is 0 Å². The van der Waals surface area contributed by atoms with E-state index in [1.165, 1.54) is 18.4 Å². The summed E-state index contributed by atoms with van der Waals surface area (Å²) < 4.78 is 6.02. The van der Waals surface area contributed by atoms with Gasteiger partial charge in [-0.3, -0.25) is 10.1 Å². The number of rotatable bonds is 5. The number of aromatic amines is 1. The summed E-state index contributed by atoms with van der Waals surface area (Å²) >= 11 is 0. The highest BCUT2D eigenvalue weighted by Gasteiger charge is 2.18. The van der Waals surface area contributed by atoms with E-state index in [-0.39, 0.29) is 6.10 Å². The first-order valence-electron chi connectivity index (χ1n) is 9.71. The smallest absolute Gasteiger partial charge is 0.233 e. The highest BCUT2D eigenvalue weighted by molar-refractivity contribution is 5.93. The third kappa shape index (κ3) is 3.71. The number of hydrogen-bond acceptors (Lipinski definition) is 5. The molecule has 3 aromatic rings. The van der Waals surface area contributed by atoms with Gasteiger partial charge in [0, 0.05) is 11.9 Å². The van der Waals surface area contributed by atoms with E-state index in [4.69, 9.17) is 4.74 Å². The zero-order chi connectivity index (χ0) is 18.1. The standard InChI is InChI=1S/C21H23N5O/c1-2-16(11-22-9-1)27-20-13-23-12-19(24-20)21-17-10-15(6-5-14-3-4-14)7-8-18(17)25-26-21/h5-8,10,12-14,16,22H,1-4,9,11H2,(H,25,26). The summed E-state index contributed by atoms with van der Waals surface area (Å²) in [6, 6.07) is 6.34. The van der Waals surface area contributed by atoms with E-state index in [1.54, 1.807) is 12.4 Å². The molecule has 0 spiro atoms. The Labute approximate surface area is 158 Å². The molecule has 3 heterocycles. The Balaban J connectivity index is 1.43. The molecule has 1 saturated heterocycles. The monoisotopic (exact) mass is 361 g/mol. The predicted molar refractivity (Wildman–Crippen MR) is 105 cm³/mol. The Morgan fingerprint density at radius 2 is 2.11 bits per heavy atom. The number of benzene rings is 1. The lowest BCUT2D eigenvalue weighted by Crippen LogP contribution is -2.37. The van der Waals surface area contributed by atoms with Gasteiger partial charge in [-0.2, -0.15) is 5.10 Å². The quantitative estimate of drug-likeness (QED) is 0.726.